The first-order valence-corrected chi connectivity index (χ1v) is 4.72. The Bertz CT molecular complexity index is 342. The molecule has 1 aromatic carbocycles. The smallest absolute Gasteiger partial charge is 0 e. The minimum atomic E-state index is -0.427. The molecule has 0 spiro atoms. The van der Waals surface area contributed by atoms with Crippen molar-refractivity contribution in [3.63, 3.8) is 0 Å². The van der Waals surface area contributed by atoms with Crippen LogP contribution in [0.5, 0.6) is 0 Å². The van der Waals surface area contributed by atoms with Crippen LogP contribution in [0.3, 0.4) is 0 Å². The third kappa shape index (κ3) is 12.9. The minimum Gasteiger partial charge on any atom is 0 e. The standard InChI is InChI=1S/C11H14O.3CO.Cr/c1-3-9(2)11(12)10-7-5-4-6-8-10;3*1-2;/h3-9,11-12H,1H2,2H3;;;;/t9-,11+;;;;/m0..../s1. The molecule has 1 rings (SSSR count). The predicted octanol–water partition coefficient (Wildman–Crippen LogP) is 2.43. The van der Waals surface area contributed by atoms with E-state index in [1.165, 1.54) is 0 Å². The minimum absolute atomic E-state index is 0. The van der Waals surface area contributed by atoms with Crippen molar-refractivity contribution in [2.75, 3.05) is 0 Å². The molecule has 0 heterocycles. The zero-order chi connectivity index (χ0) is 15.0. The molecule has 0 saturated heterocycles. The summed E-state index contributed by atoms with van der Waals surface area (Å²) in [6.45, 7) is 19.1. The van der Waals surface area contributed by atoms with E-state index < -0.39 is 6.10 Å². The van der Waals surface area contributed by atoms with Gasteiger partial charge < -0.3 is 5.11 Å². The van der Waals surface area contributed by atoms with Crippen molar-refractivity contribution < 1.29 is 36.4 Å². The zero-order valence-corrected chi connectivity index (χ0v) is 11.7. The molecule has 2 atom stereocenters. The molecule has 1 aromatic rings. The van der Waals surface area contributed by atoms with Gasteiger partial charge in [-0.1, -0.05) is 43.3 Å². The first-order chi connectivity index (χ1) is 8.75. The molecule has 0 amide bonds. The summed E-state index contributed by atoms with van der Waals surface area (Å²) in [5.74, 6) is 0.104. The molecule has 0 aliphatic carbocycles. The summed E-state index contributed by atoms with van der Waals surface area (Å²) in [7, 11) is 0. The van der Waals surface area contributed by atoms with E-state index in [1.807, 2.05) is 37.3 Å². The average Bonchev–Trinajstić information content (AvgIpc) is 2.52. The Morgan fingerprint density at radius 3 is 1.74 bits per heavy atom. The van der Waals surface area contributed by atoms with Gasteiger partial charge in [0.05, 0.1) is 6.10 Å². The number of benzene rings is 1. The molecule has 1 N–H and O–H groups in total. The molecule has 100 valence electrons. The second-order valence-corrected chi connectivity index (χ2v) is 2.95. The van der Waals surface area contributed by atoms with E-state index in [-0.39, 0.29) is 23.3 Å². The van der Waals surface area contributed by atoms with E-state index in [0.29, 0.717) is 0 Å². The molecule has 0 bridgehead atoms. The molecule has 4 nitrogen and oxygen atoms in total. The molecule has 0 aliphatic rings. The number of hydrogen-bond donors (Lipinski definition) is 1. The Labute approximate surface area is 124 Å². The number of aliphatic hydroxyl groups excluding tert-OH is 1. The topological polar surface area (TPSA) is 79.9 Å². The van der Waals surface area contributed by atoms with Crippen molar-refractivity contribution in [1.29, 1.82) is 0 Å². The van der Waals surface area contributed by atoms with Crippen molar-refractivity contribution >= 4 is 0 Å². The summed E-state index contributed by atoms with van der Waals surface area (Å²) in [6, 6.07) is 9.63. The predicted molar refractivity (Wildman–Crippen MR) is 62.6 cm³/mol. The van der Waals surface area contributed by atoms with Crippen molar-refractivity contribution in [2.45, 2.75) is 13.0 Å². The summed E-state index contributed by atoms with van der Waals surface area (Å²) >= 11 is 0. The summed E-state index contributed by atoms with van der Waals surface area (Å²) in [5.41, 5.74) is 0.949. The second-order valence-electron chi connectivity index (χ2n) is 2.95. The van der Waals surface area contributed by atoms with Gasteiger partial charge >= 0.3 is 33.9 Å². The van der Waals surface area contributed by atoms with E-state index in [9.17, 15) is 5.11 Å². The quantitative estimate of drug-likeness (QED) is 0.519. The van der Waals surface area contributed by atoms with Gasteiger partial charge in [0.15, 0.2) is 0 Å². The Balaban J connectivity index is -0.000000142. The van der Waals surface area contributed by atoms with Crippen LogP contribution in [0, 0.1) is 25.9 Å². The van der Waals surface area contributed by atoms with Crippen LogP contribution in [-0.2, 0) is 31.3 Å². The van der Waals surface area contributed by atoms with Gasteiger partial charge in [0, 0.05) is 23.3 Å². The Morgan fingerprint density at radius 1 is 1.05 bits per heavy atom. The van der Waals surface area contributed by atoms with E-state index >= 15 is 0 Å². The van der Waals surface area contributed by atoms with Crippen LogP contribution in [0.1, 0.15) is 18.6 Å². The maximum atomic E-state index is 9.72. The van der Waals surface area contributed by atoms with Crippen LogP contribution in [-0.4, -0.2) is 5.11 Å². The van der Waals surface area contributed by atoms with Crippen molar-refractivity contribution in [2.24, 2.45) is 5.92 Å². The molecule has 19 heavy (non-hydrogen) atoms. The van der Waals surface area contributed by atoms with Gasteiger partial charge in [0.1, 0.15) is 0 Å². The van der Waals surface area contributed by atoms with Crippen LogP contribution in [0.4, 0.5) is 0 Å². The fourth-order valence-electron chi connectivity index (χ4n) is 1.08. The van der Waals surface area contributed by atoms with E-state index in [0.717, 1.165) is 5.56 Å². The van der Waals surface area contributed by atoms with Crippen molar-refractivity contribution in [3.8, 4) is 0 Å². The van der Waals surface area contributed by atoms with Gasteiger partial charge in [-0.2, -0.15) is 0 Å². The molecule has 5 heteroatoms. The Kier molecular flexibility index (Phi) is 30.3. The SMILES string of the molecule is C=C[C@H](C)[C@@H](O)c1ccccc1.[C-]#[O+].[C-]#[O+].[C-]#[O+].[Cr]. The molecule has 0 radical (unpaired) electrons. The Hall–Kier alpha value is -1.33. The average molecular weight is 298 g/mol. The van der Waals surface area contributed by atoms with Crippen LogP contribution < -0.4 is 0 Å². The monoisotopic (exact) mass is 298 g/mol. The van der Waals surface area contributed by atoms with Crippen molar-refractivity contribution in [3.05, 3.63) is 68.5 Å². The molecule has 0 fully saturated rings. The van der Waals surface area contributed by atoms with E-state index in [4.69, 9.17) is 14.0 Å². The molecular formula is C14H14CrO4. The summed E-state index contributed by atoms with van der Waals surface area (Å²) in [5, 5.41) is 9.72. The number of hydrogen-bond acceptors (Lipinski definition) is 1. The first kappa shape index (κ1) is 26.3. The summed E-state index contributed by atoms with van der Waals surface area (Å²) in [4.78, 5) is 0. The van der Waals surface area contributed by atoms with Crippen LogP contribution >= 0.6 is 0 Å². The molecule has 0 aromatic heterocycles. The maximum Gasteiger partial charge on any atom is 0 e. The van der Waals surface area contributed by atoms with Gasteiger partial charge in [0.2, 0.25) is 0 Å². The molecule has 0 saturated carbocycles. The molecule has 0 unspecified atom stereocenters. The fraction of sp³-hybridized carbons (Fsp3) is 0.214. The third-order valence-corrected chi connectivity index (χ3v) is 2.01. The zero-order valence-electron chi connectivity index (χ0n) is 10.4. The summed E-state index contributed by atoms with van der Waals surface area (Å²) in [6.07, 6.45) is 1.33. The first-order valence-electron chi connectivity index (χ1n) is 4.72. The normalized spacial score (nSPS) is 9.89. The molecule has 0 aliphatic heterocycles. The van der Waals surface area contributed by atoms with Gasteiger partial charge in [-0.3, -0.25) is 0 Å². The van der Waals surface area contributed by atoms with E-state index in [1.54, 1.807) is 6.08 Å². The number of aliphatic hydroxyl groups is 1. The largest absolute Gasteiger partial charge is 0 e. The van der Waals surface area contributed by atoms with Gasteiger partial charge in [-0.25, -0.2) is 0 Å². The van der Waals surface area contributed by atoms with Gasteiger partial charge in [0.25, 0.3) is 0 Å². The van der Waals surface area contributed by atoms with Gasteiger partial charge in [-0.05, 0) is 5.56 Å². The third-order valence-electron chi connectivity index (χ3n) is 2.01. The fourth-order valence-corrected chi connectivity index (χ4v) is 1.08. The van der Waals surface area contributed by atoms with Crippen LogP contribution in [0.15, 0.2) is 43.0 Å². The van der Waals surface area contributed by atoms with E-state index in [2.05, 4.69) is 26.5 Å². The Morgan fingerprint density at radius 2 is 1.42 bits per heavy atom. The van der Waals surface area contributed by atoms with Crippen LogP contribution in [0.25, 0.3) is 0 Å². The second kappa shape index (κ2) is 21.9. The van der Waals surface area contributed by atoms with Crippen LogP contribution in [0.2, 0.25) is 0 Å². The number of rotatable bonds is 3. The summed E-state index contributed by atoms with van der Waals surface area (Å²) < 4.78 is 22.5. The maximum absolute atomic E-state index is 9.72. The van der Waals surface area contributed by atoms with Crippen molar-refractivity contribution in [1.82, 2.24) is 0 Å². The molecular weight excluding hydrogens is 284 g/mol. The van der Waals surface area contributed by atoms with Gasteiger partial charge in [-0.15, -0.1) is 6.58 Å².